The van der Waals surface area contributed by atoms with Crippen molar-refractivity contribution in [1.82, 2.24) is 24.6 Å². The number of hydrogen-bond acceptors (Lipinski definition) is 12. The first kappa shape index (κ1) is 71.0. The molecule has 0 amide bonds. The molecule has 23 heavy (non-hydrogen) atoms. The van der Waals surface area contributed by atoms with Crippen LogP contribution in [0.5, 0.6) is 0 Å². The van der Waals surface area contributed by atoms with Crippen molar-refractivity contribution in [3.05, 3.63) is 0 Å². The second-order valence-corrected chi connectivity index (χ2v) is 4.29. The summed E-state index contributed by atoms with van der Waals surface area (Å²) in [5.41, 5.74) is 0. The standard InChI is InChI=1S/Ca.4H3N.3Na.3H3O4P/c;;;;;;;;3*1-5(2,3)4/h;4*1H3;;;;3*(H3,1,2,3,4)/q+2;;;;;3*+1;;;/p-5. The maximum atomic E-state index is 8.88. The minimum absolute atomic E-state index is 0. The average molecular weight is 466 g/mol. The first-order valence-corrected chi connectivity index (χ1v) is 6.78. The van der Waals surface area contributed by atoms with Gasteiger partial charge in [0, 0.05) is 0 Å². The predicted octanol–water partition coefficient (Wildman–Crippen LogP) is -14.7. The van der Waals surface area contributed by atoms with Gasteiger partial charge in [-0.2, -0.15) is 7.82 Å². The van der Waals surface area contributed by atoms with Crippen molar-refractivity contribution in [3.63, 3.8) is 0 Å². The third-order valence-corrected chi connectivity index (χ3v) is 0. The molecule has 128 valence electrons. The Labute approximate surface area is 228 Å². The SMILES string of the molecule is N.N.N.N.O=P(O)(O)O.O=P([O-])([O-])O.O=P([O-])([O-])[O-].[Ca+2].[Na+].[Na+].[Na+]. The van der Waals surface area contributed by atoms with Crippen LogP contribution in [-0.4, -0.2) is 57.3 Å². The molecule has 0 aromatic heterocycles. The summed E-state index contributed by atoms with van der Waals surface area (Å²) >= 11 is 0. The fraction of sp³-hybridized carbons (Fsp3) is 0. The van der Waals surface area contributed by atoms with Gasteiger partial charge in [0.05, 0.1) is 7.82 Å². The summed E-state index contributed by atoms with van der Waals surface area (Å²) in [6, 6.07) is 0. The van der Waals surface area contributed by atoms with Gasteiger partial charge in [-0.05, 0) is 0 Å². The quantitative estimate of drug-likeness (QED) is 0.121. The zero-order chi connectivity index (χ0) is 13.5. The van der Waals surface area contributed by atoms with Gasteiger partial charge in [0.2, 0.25) is 0 Å². The summed E-state index contributed by atoms with van der Waals surface area (Å²) in [5.74, 6) is 0. The molecule has 0 spiro atoms. The summed E-state index contributed by atoms with van der Waals surface area (Å²) in [6.45, 7) is 0. The molecule has 16 N–H and O–H groups in total. The van der Waals surface area contributed by atoms with Crippen molar-refractivity contribution in [2.24, 2.45) is 0 Å². The largest absolute Gasteiger partial charge is 2.00 e. The smallest absolute Gasteiger partial charge is 0.822 e. The van der Waals surface area contributed by atoms with Crippen LogP contribution < -0.4 is 138 Å². The second kappa shape index (κ2) is 34.0. The van der Waals surface area contributed by atoms with E-state index in [0.29, 0.717) is 0 Å². The molecule has 0 radical (unpaired) electrons. The Kier molecular flexibility index (Phi) is 105. The Hall–Kier alpha value is 4.43. The van der Waals surface area contributed by atoms with Gasteiger partial charge in [0.25, 0.3) is 0 Å². The van der Waals surface area contributed by atoms with Crippen LogP contribution in [0.3, 0.4) is 0 Å². The molecule has 0 aromatic carbocycles. The molecule has 0 aliphatic rings. The number of phosphoric acid groups is 3. The molecule has 0 aliphatic heterocycles. The van der Waals surface area contributed by atoms with Gasteiger partial charge in [0.15, 0.2) is 0 Å². The van der Waals surface area contributed by atoms with Gasteiger partial charge >= 0.3 is 134 Å². The van der Waals surface area contributed by atoms with Crippen LogP contribution in [0.4, 0.5) is 0 Å². The Morgan fingerprint density at radius 3 is 0.565 bits per heavy atom. The molecule has 0 saturated heterocycles. The molecule has 0 unspecified atom stereocenters. The fourth-order valence-electron chi connectivity index (χ4n) is 0. The van der Waals surface area contributed by atoms with E-state index in [1.165, 1.54) is 0 Å². The van der Waals surface area contributed by atoms with Crippen molar-refractivity contribution in [2.75, 3.05) is 0 Å². The summed E-state index contributed by atoms with van der Waals surface area (Å²) in [7, 11) is -15.2. The zero-order valence-electron chi connectivity index (χ0n) is 12.9. The third kappa shape index (κ3) is 804. The van der Waals surface area contributed by atoms with Gasteiger partial charge in [-0.3, -0.25) is 0 Å². The van der Waals surface area contributed by atoms with Crippen LogP contribution in [0.2, 0.25) is 0 Å². The van der Waals surface area contributed by atoms with E-state index in [2.05, 4.69) is 0 Å². The van der Waals surface area contributed by atoms with Crippen molar-refractivity contribution in [2.45, 2.75) is 0 Å². The molecule has 16 nitrogen and oxygen atoms in total. The van der Waals surface area contributed by atoms with Crippen LogP contribution in [0.15, 0.2) is 0 Å². The third-order valence-electron chi connectivity index (χ3n) is 0. The molecular formula is H16CaN4Na3O12P3. The van der Waals surface area contributed by atoms with Crippen molar-refractivity contribution in [1.29, 1.82) is 0 Å². The van der Waals surface area contributed by atoms with Crippen molar-refractivity contribution >= 4 is 61.2 Å². The minimum atomic E-state index is -5.39. The molecule has 0 atom stereocenters. The number of hydrogen-bond donors (Lipinski definition) is 8. The Morgan fingerprint density at radius 1 is 0.565 bits per heavy atom. The van der Waals surface area contributed by atoms with Gasteiger partial charge in [-0.1, -0.05) is 0 Å². The molecule has 0 heterocycles. The van der Waals surface area contributed by atoms with Crippen molar-refractivity contribution < 1.29 is 146 Å². The number of rotatable bonds is 0. The summed E-state index contributed by atoms with van der Waals surface area (Å²) < 4.78 is 26.1. The summed E-state index contributed by atoms with van der Waals surface area (Å²) in [6.07, 6.45) is 0. The Bertz CT molecular complexity index is 230. The maximum absolute atomic E-state index is 8.88. The summed E-state index contributed by atoms with van der Waals surface area (Å²) in [4.78, 5) is 71.5. The molecular weight excluding hydrogens is 450 g/mol. The topological polar surface area (TPSA) is 387 Å². The van der Waals surface area contributed by atoms with Crippen molar-refractivity contribution in [3.8, 4) is 0 Å². The van der Waals surface area contributed by atoms with E-state index in [9.17, 15) is 0 Å². The van der Waals surface area contributed by atoms with E-state index in [1.54, 1.807) is 0 Å². The van der Waals surface area contributed by atoms with E-state index in [4.69, 9.17) is 57.7 Å². The molecule has 0 fully saturated rings. The molecule has 0 aliphatic carbocycles. The molecule has 0 bridgehead atoms. The van der Waals surface area contributed by atoms with Gasteiger partial charge in [0.1, 0.15) is 0 Å². The minimum Gasteiger partial charge on any atom is -0.822 e. The van der Waals surface area contributed by atoms with E-state index >= 15 is 0 Å². The van der Waals surface area contributed by atoms with Gasteiger partial charge in [-0.25, -0.2) is 4.57 Å². The maximum Gasteiger partial charge on any atom is 2.00 e. The van der Waals surface area contributed by atoms with E-state index in [-0.39, 0.29) is 151 Å². The Balaban J connectivity index is -0.00000000889. The second-order valence-electron chi connectivity index (χ2n) is 1.43. The van der Waals surface area contributed by atoms with Gasteiger partial charge in [-0.15, -0.1) is 0 Å². The van der Waals surface area contributed by atoms with E-state index in [1.807, 2.05) is 0 Å². The van der Waals surface area contributed by atoms with E-state index < -0.39 is 23.5 Å². The summed E-state index contributed by atoms with van der Waals surface area (Å²) in [5, 5.41) is 0. The van der Waals surface area contributed by atoms with Crippen LogP contribution in [0.1, 0.15) is 0 Å². The normalized spacial score (nSPS) is 7.70. The Morgan fingerprint density at radius 2 is 0.565 bits per heavy atom. The monoisotopic (exact) mass is 466 g/mol. The van der Waals surface area contributed by atoms with Gasteiger partial charge < -0.3 is 77.8 Å². The van der Waals surface area contributed by atoms with Crippen LogP contribution in [-0.2, 0) is 13.7 Å². The van der Waals surface area contributed by atoms with E-state index in [0.717, 1.165) is 0 Å². The first-order chi connectivity index (χ1) is 6.00. The molecule has 0 aromatic rings. The molecule has 0 rings (SSSR count). The fourth-order valence-corrected chi connectivity index (χ4v) is 0. The molecule has 23 heteroatoms. The predicted molar refractivity (Wildman–Crippen MR) is 57.5 cm³/mol. The first-order valence-electron chi connectivity index (χ1n) is 2.26. The van der Waals surface area contributed by atoms with Crippen LogP contribution in [0.25, 0.3) is 0 Å². The van der Waals surface area contributed by atoms with Crippen LogP contribution in [0, 0.1) is 0 Å². The average Bonchev–Trinajstić information content (AvgIpc) is 1.41. The molecule has 0 saturated carbocycles. The zero-order valence-corrected chi connectivity index (χ0v) is 23.8. The van der Waals surface area contributed by atoms with Crippen LogP contribution >= 0.6 is 23.5 Å².